The Morgan fingerprint density at radius 2 is 1.78 bits per heavy atom. The summed E-state index contributed by atoms with van der Waals surface area (Å²) < 4.78 is 55.9. The van der Waals surface area contributed by atoms with E-state index >= 15 is 0 Å². The third kappa shape index (κ3) is 7.55. The van der Waals surface area contributed by atoms with Crippen molar-refractivity contribution < 1.29 is 31.9 Å². The summed E-state index contributed by atoms with van der Waals surface area (Å²) in [6.45, 7) is 8.25. The minimum atomic E-state index is -4.48. The van der Waals surface area contributed by atoms with Gasteiger partial charge in [-0.2, -0.15) is 18.4 Å². The monoisotopic (exact) mass is 537 g/mol. The molecule has 10 heteroatoms. The molecule has 5 nitrogen and oxygen atoms in total. The molecule has 0 heterocycles. The van der Waals surface area contributed by atoms with E-state index in [1.807, 2.05) is 0 Å². The van der Waals surface area contributed by atoms with Crippen molar-refractivity contribution in [2.45, 2.75) is 55.2 Å². The first kappa shape index (κ1) is 29.3. The zero-order valence-corrected chi connectivity index (χ0v) is 22.9. The number of benzene rings is 2. The molecule has 0 fully saturated rings. The van der Waals surface area contributed by atoms with E-state index in [2.05, 4.69) is 38.5 Å². The minimum absolute atomic E-state index is 0.0180. The van der Waals surface area contributed by atoms with Crippen molar-refractivity contribution >= 4 is 32.1 Å². The zero-order valence-electron chi connectivity index (χ0n) is 21.1. The number of alkyl halides is 3. The fraction of sp³-hybridized carbons (Fsp3) is 0.385. The fourth-order valence-corrected chi connectivity index (χ4v) is 8.73. The Morgan fingerprint density at radius 3 is 2.31 bits per heavy atom. The van der Waals surface area contributed by atoms with Crippen LogP contribution in [0.15, 0.2) is 47.4 Å². The van der Waals surface area contributed by atoms with Crippen molar-refractivity contribution in [1.82, 2.24) is 0 Å². The maximum atomic E-state index is 13.1. The van der Waals surface area contributed by atoms with Gasteiger partial charge in [-0.3, -0.25) is 0 Å². The third-order valence-corrected chi connectivity index (χ3v) is 12.2. The molecule has 0 saturated carbocycles. The number of esters is 1. The van der Waals surface area contributed by atoms with E-state index in [0.717, 1.165) is 11.6 Å². The van der Waals surface area contributed by atoms with Gasteiger partial charge in [0.15, 0.2) is 0 Å². The number of carbonyl (C=O) groups is 1. The summed E-state index contributed by atoms with van der Waals surface area (Å²) >= 11 is -0.234. The number of nitrogens with zero attached hydrogens (tertiary/aromatic N) is 1. The van der Waals surface area contributed by atoms with E-state index in [0.29, 0.717) is 23.1 Å². The predicted octanol–water partition coefficient (Wildman–Crippen LogP) is 7.29. The van der Waals surface area contributed by atoms with Crippen LogP contribution in [0.2, 0.25) is 11.1 Å². The molecule has 0 aromatic heterocycles. The van der Waals surface area contributed by atoms with E-state index in [-0.39, 0.29) is 33.3 Å². The maximum Gasteiger partial charge on any atom is 0.446 e. The summed E-state index contributed by atoms with van der Waals surface area (Å²) in [7, 11) is 0.0366. The maximum absolute atomic E-state index is 13.1. The standard InChI is InChI=1S/C26H30F3NO4SSi/c1-17(2)36(18(3)4,34-23-10-9-22(32-5)14-21(23)15-30)16-19-7-11-24(35-26(27,28)29)20(13-19)8-12-25(31)33-6/h7-14,17-18H,16H2,1-6H3/b12-8+. The minimum Gasteiger partial charge on any atom is -0.542 e. The lowest BCUT2D eigenvalue weighted by Crippen LogP contribution is -2.50. The van der Waals surface area contributed by atoms with E-state index in [4.69, 9.17) is 9.16 Å². The lowest BCUT2D eigenvalue weighted by atomic mass is 10.1. The summed E-state index contributed by atoms with van der Waals surface area (Å²) in [4.78, 5) is 11.6. The van der Waals surface area contributed by atoms with Gasteiger partial charge in [0.25, 0.3) is 8.32 Å². The molecule has 194 valence electrons. The van der Waals surface area contributed by atoms with Crippen LogP contribution in [0.5, 0.6) is 11.5 Å². The van der Waals surface area contributed by atoms with Gasteiger partial charge in [0.2, 0.25) is 0 Å². The summed E-state index contributed by atoms with van der Waals surface area (Å²) in [5.41, 5.74) is -2.85. The molecule has 0 N–H and O–H groups in total. The second-order valence-electron chi connectivity index (χ2n) is 8.79. The molecule has 2 aromatic rings. The predicted molar refractivity (Wildman–Crippen MR) is 137 cm³/mol. The van der Waals surface area contributed by atoms with Gasteiger partial charge >= 0.3 is 11.5 Å². The highest BCUT2D eigenvalue weighted by atomic mass is 32.2. The zero-order chi connectivity index (χ0) is 27.1. The van der Waals surface area contributed by atoms with Crippen LogP contribution in [0.25, 0.3) is 6.08 Å². The number of thioether (sulfide) groups is 1. The molecule has 0 aliphatic heterocycles. The van der Waals surface area contributed by atoms with Crippen LogP contribution in [0, 0.1) is 11.3 Å². The van der Waals surface area contributed by atoms with Gasteiger partial charge in [-0.25, -0.2) is 4.79 Å². The number of methoxy groups -OCH3 is 2. The lowest BCUT2D eigenvalue weighted by molar-refractivity contribution is -0.134. The Bertz CT molecular complexity index is 1130. The average Bonchev–Trinajstić information content (AvgIpc) is 2.82. The molecule has 0 atom stereocenters. The summed E-state index contributed by atoms with van der Waals surface area (Å²) in [6, 6.07) is 12.5. The van der Waals surface area contributed by atoms with E-state index < -0.39 is 19.8 Å². The molecule has 0 bridgehead atoms. The Kier molecular flexibility index (Phi) is 10.1. The normalized spacial score (nSPS) is 12.2. The second kappa shape index (κ2) is 12.4. The molecular formula is C26H30F3NO4SSi. The van der Waals surface area contributed by atoms with Crippen LogP contribution in [-0.4, -0.2) is 34.0 Å². The van der Waals surface area contributed by atoms with E-state index in [9.17, 15) is 23.2 Å². The van der Waals surface area contributed by atoms with Crippen molar-refractivity contribution in [2.75, 3.05) is 14.2 Å². The Morgan fingerprint density at radius 1 is 1.11 bits per heavy atom. The number of ether oxygens (including phenoxy) is 2. The fourth-order valence-electron chi connectivity index (χ4n) is 3.96. The van der Waals surface area contributed by atoms with Gasteiger partial charge in [0.1, 0.15) is 17.6 Å². The number of halogens is 3. The summed E-state index contributed by atoms with van der Waals surface area (Å²) in [6.07, 6.45) is 2.43. The van der Waals surface area contributed by atoms with Gasteiger partial charge in [-0.15, -0.1) is 0 Å². The largest absolute Gasteiger partial charge is 0.542 e. The Balaban J connectivity index is 2.56. The highest BCUT2D eigenvalue weighted by Crippen LogP contribution is 2.42. The lowest BCUT2D eigenvalue weighted by Gasteiger charge is -2.39. The topological polar surface area (TPSA) is 68.6 Å². The first-order valence-corrected chi connectivity index (χ1v) is 14.4. The number of hydrogen-bond acceptors (Lipinski definition) is 6. The Labute approximate surface area is 215 Å². The molecule has 2 aromatic carbocycles. The van der Waals surface area contributed by atoms with Gasteiger partial charge < -0.3 is 13.9 Å². The molecule has 0 saturated heterocycles. The Hall–Kier alpha value is -2.90. The van der Waals surface area contributed by atoms with Crippen LogP contribution in [0.1, 0.15) is 44.4 Å². The van der Waals surface area contributed by atoms with Gasteiger partial charge in [0, 0.05) is 23.1 Å². The number of hydrogen-bond donors (Lipinski definition) is 0. The van der Waals surface area contributed by atoms with Crippen LogP contribution < -0.4 is 9.16 Å². The first-order chi connectivity index (χ1) is 16.8. The molecule has 36 heavy (non-hydrogen) atoms. The van der Waals surface area contributed by atoms with Crippen molar-refractivity contribution in [2.24, 2.45) is 0 Å². The smallest absolute Gasteiger partial charge is 0.446 e. The first-order valence-electron chi connectivity index (χ1n) is 11.3. The van der Waals surface area contributed by atoms with E-state index in [1.165, 1.54) is 26.4 Å². The van der Waals surface area contributed by atoms with Crippen molar-refractivity contribution in [1.29, 1.82) is 5.26 Å². The molecule has 0 amide bonds. The van der Waals surface area contributed by atoms with Crippen LogP contribution in [0.3, 0.4) is 0 Å². The number of carbonyl (C=O) groups excluding carboxylic acids is 1. The SMILES string of the molecule is COC(=O)/C=C/c1cc(C[Si](Oc2ccc(OC)cc2C#N)(C(C)C)C(C)C)ccc1SC(F)(F)F. The molecule has 0 aliphatic rings. The van der Waals surface area contributed by atoms with Crippen LogP contribution in [-0.2, 0) is 15.6 Å². The summed E-state index contributed by atoms with van der Waals surface area (Å²) in [5.74, 6) is 0.339. The molecule has 0 aliphatic carbocycles. The highest BCUT2D eigenvalue weighted by molar-refractivity contribution is 8.00. The summed E-state index contributed by atoms with van der Waals surface area (Å²) in [5, 5.41) is 9.68. The van der Waals surface area contributed by atoms with Crippen molar-refractivity contribution in [3.05, 3.63) is 59.2 Å². The molecule has 0 radical (unpaired) electrons. The number of nitriles is 1. The van der Waals surface area contributed by atoms with Gasteiger partial charge in [-0.1, -0.05) is 39.8 Å². The highest BCUT2D eigenvalue weighted by Gasteiger charge is 2.44. The van der Waals surface area contributed by atoms with E-state index in [1.54, 1.807) is 30.3 Å². The van der Waals surface area contributed by atoms with Gasteiger partial charge in [0.05, 0.1) is 19.8 Å². The third-order valence-electron chi connectivity index (χ3n) is 5.94. The molecule has 0 spiro atoms. The number of rotatable bonds is 10. The van der Waals surface area contributed by atoms with Crippen LogP contribution >= 0.6 is 11.8 Å². The average molecular weight is 538 g/mol. The van der Waals surface area contributed by atoms with Crippen LogP contribution in [0.4, 0.5) is 13.2 Å². The van der Waals surface area contributed by atoms with Gasteiger partial charge in [-0.05, 0) is 58.2 Å². The molecule has 2 rings (SSSR count). The molecule has 0 unspecified atom stereocenters. The molecular weight excluding hydrogens is 507 g/mol. The van der Waals surface area contributed by atoms with Crippen molar-refractivity contribution in [3.63, 3.8) is 0 Å². The van der Waals surface area contributed by atoms with Crippen molar-refractivity contribution in [3.8, 4) is 17.6 Å². The quantitative estimate of drug-likeness (QED) is 0.137. The second-order valence-corrected chi connectivity index (χ2v) is 14.7.